The molecule has 0 aliphatic carbocycles. The van der Waals surface area contributed by atoms with Crippen molar-refractivity contribution in [1.29, 1.82) is 0 Å². The first-order chi connectivity index (χ1) is 10.4. The zero-order valence-corrected chi connectivity index (χ0v) is 14.2. The fourth-order valence-corrected chi connectivity index (χ4v) is 2.30. The van der Waals surface area contributed by atoms with Crippen molar-refractivity contribution in [3.63, 3.8) is 0 Å². The smallest absolute Gasteiger partial charge is 0.136 e. The van der Waals surface area contributed by atoms with Crippen LogP contribution in [0.3, 0.4) is 0 Å². The Kier molecular flexibility index (Phi) is 5.36. The maximum atomic E-state index is 4.47. The molecule has 0 unspecified atom stereocenters. The lowest BCUT2D eigenvalue weighted by molar-refractivity contribution is 0.606. The molecule has 0 aliphatic heterocycles. The average molecular weight is 298 g/mol. The molecule has 0 aliphatic rings. The molecule has 2 aromatic rings. The molecular weight excluding hydrogens is 272 g/mol. The van der Waals surface area contributed by atoms with E-state index < -0.39 is 0 Å². The number of hydrogen-bond donors (Lipinski definition) is 2. The molecule has 0 saturated carbocycles. The summed E-state index contributed by atoms with van der Waals surface area (Å²) in [7, 11) is 0. The monoisotopic (exact) mass is 298 g/mol. The van der Waals surface area contributed by atoms with Crippen LogP contribution in [0, 0.1) is 26.7 Å². The summed E-state index contributed by atoms with van der Waals surface area (Å²) in [6.07, 6.45) is 1.13. The first-order valence-electron chi connectivity index (χ1n) is 7.88. The number of hydrogen-bond acceptors (Lipinski definition) is 4. The molecule has 2 N–H and O–H groups in total. The van der Waals surface area contributed by atoms with Gasteiger partial charge in [-0.1, -0.05) is 31.5 Å². The van der Waals surface area contributed by atoms with E-state index in [0.29, 0.717) is 5.92 Å². The lowest BCUT2D eigenvalue weighted by atomic mass is 10.1. The van der Waals surface area contributed by atoms with Gasteiger partial charge >= 0.3 is 0 Å². The lowest BCUT2D eigenvalue weighted by Crippen LogP contribution is -2.08. The van der Waals surface area contributed by atoms with E-state index in [1.807, 2.05) is 13.0 Å². The maximum absolute atomic E-state index is 4.47. The Morgan fingerprint density at radius 2 is 1.73 bits per heavy atom. The minimum Gasteiger partial charge on any atom is -0.370 e. The minimum absolute atomic E-state index is 0.684. The molecule has 4 heteroatoms. The Hall–Kier alpha value is -2.10. The number of aryl methyl sites for hydroxylation is 3. The molecule has 118 valence electrons. The summed E-state index contributed by atoms with van der Waals surface area (Å²) in [5.41, 5.74) is 3.56. The van der Waals surface area contributed by atoms with Crippen molar-refractivity contribution in [2.24, 2.45) is 5.92 Å². The van der Waals surface area contributed by atoms with Gasteiger partial charge in [-0.05, 0) is 44.7 Å². The lowest BCUT2D eigenvalue weighted by Gasteiger charge is -2.12. The summed E-state index contributed by atoms with van der Waals surface area (Å²) in [5, 5.41) is 6.76. The highest BCUT2D eigenvalue weighted by Gasteiger charge is 2.05. The van der Waals surface area contributed by atoms with Crippen LogP contribution < -0.4 is 10.6 Å². The van der Waals surface area contributed by atoms with Crippen molar-refractivity contribution in [3.8, 4) is 0 Å². The Morgan fingerprint density at radius 3 is 2.41 bits per heavy atom. The zero-order chi connectivity index (χ0) is 16.1. The number of nitrogens with one attached hydrogen (secondary N) is 2. The second-order valence-corrected chi connectivity index (χ2v) is 6.24. The van der Waals surface area contributed by atoms with Crippen LogP contribution in [0.5, 0.6) is 0 Å². The Labute approximate surface area is 133 Å². The topological polar surface area (TPSA) is 49.8 Å². The molecule has 0 bridgehead atoms. The highest BCUT2D eigenvalue weighted by atomic mass is 15.1. The van der Waals surface area contributed by atoms with Gasteiger partial charge in [-0.15, -0.1) is 0 Å². The summed E-state index contributed by atoms with van der Waals surface area (Å²) in [6.45, 7) is 11.5. The minimum atomic E-state index is 0.684. The summed E-state index contributed by atoms with van der Waals surface area (Å²) in [4.78, 5) is 8.92. The highest BCUT2D eigenvalue weighted by Crippen LogP contribution is 2.21. The average Bonchev–Trinajstić information content (AvgIpc) is 2.41. The third-order valence-electron chi connectivity index (χ3n) is 3.51. The molecule has 0 saturated heterocycles. The van der Waals surface area contributed by atoms with Crippen molar-refractivity contribution in [2.45, 2.75) is 41.0 Å². The third-order valence-corrected chi connectivity index (χ3v) is 3.51. The van der Waals surface area contributed by atoms with E-state index >= 15 is 0 Å². The molecule has 0 fully saturated rings. The van der Waals surface area contributed by atoms with Crippen LogP contribution in [0.2, 0.25) is 0 Å². The largest absolute Gasteiger partial charge is 0.370 e. The maximum Gasteiger partial charge on any atom is 0.136 e. The van der Waals surface area contributed by atoms with E-state index in [1.165, 1.54) is 11.1 Å². The van der Waals surface area contributed by atoms with Crippen LogP contribution in [-0.2, 0) is 0 Å². The number of aromatic nitrogens is 2. The van der Waals surface area contributed by atoms with E-state index in [2.05, 4.69) is 66.5 Å². The first-order valence-corrected chi connectivity index (χ1v) is 7.88. The first kappa shape index (κ1) is 16.3. The number of anilines is 3. The van der Waals surface area contributed by atoms with Gasteiger partial charge in [0.05, 0.1) is 0 Å². The van der Waals surface area contributed by atoms with Gasteiger partial charge in [0.1, 0.15) is 17.5 Å². The summed E-state index contributed by atoms with van der Waals surface area (Å²) >= 11 is 0. The predicted octanol–water partition coefficient (Wildman–Crippen LogP) is 4.60. The number of nitrogens with zero attached hydrogens (tertiary/aromatic N) is 2. The number of rotatable bonds is 6. The normalized spacial score (nSPS) is 10.8. The van der Waals surface area contributed by atoms with Gasteiger partial charge in [0.2, 0.25) is 0 Å². The standard InChI is InChI=1S/C18H26N4/c1-12(2)8-9-19-17-11-18(21-15(5)20-17)22-16-7-6-13(3)10-14(16)4/h6-7,10-12H,8-9H2,1-5H3,(H2,19,20,21,22). The summed E-state index contributed by atoms with van der Waals surface area (Å²) in [5.74, 6) is 3.15. The molecular formula is C18H26N4. The summed E-state index contributed by atoms with van der Waals surface area (Å²) < 4.78 is 0. The van der Waals surface area contributed by atoms with Crippen molar-refractivity contribution in [3.05, 3.63) is 41.2 Å². The van der Waals surface area contributed by atoms with E-state index in [-0.39, 0.29) is 0 Å². The zero-order valence-electron chi connectivity index (χ0n) is 14.2. The van der Waals surface area contributed by atoms with Crippen molar-refractivity contribution in [2.75, 3.05) is 17.2 Å². The van der Waals surface area contributed by atoms with Gasteiger partial charge in [-0.3, -0.25) is 0 Å². The van der Waals surface area contributed by atoms with Crippen LogP contribution in [0.25, 0.3) is 0 Å². The van der Waals surface area contributed by atoms with E-state index in [4.69, 9.17) is 0 Å². The highest BCUT2D eigenvalue weighted by molar-refractivity contribution is 5.62. The third kappa shape index (κ3) is 4.72. The van der Waals surface area contributed by atoms with Crippen molar-refractivity contribution in [1.82, 2.24) is 9.97 Å². The molecule has 4 nitrogen and oxygen atoms in total. The second-order valence-electron chi connectivity index (χ2n) is 6.24. The van der Waals surface area contributed by atoms with Crippen LogP contribution in [0.4, 0.5) is 17.3 Å². The van der Waals surface area contributed by atoms with Gasteiger partial charge in [-0.25, -0.2) is 9.97 Å². The fourth-order valence-electron chi connectivity index (χ4n) is 2.30. The van der Waals surface area contributed by atoms with E-state index in [0.717, 1.165) is 36.1 Å². The molecule has 0 amide bonds. The van der Waals surface area contributed by atoms with E-state index in [9.17, 15) is 0 Å². The predicted molar refractivity (Wildman–Crippen MR) is 93.9 cm³/mol. The van der Waals surface area contributed by atoms with Gasteiger partial charge < -0.3 is 10.6 Å². The molecule has 0 atom stereocenters. The van der Waals surface area contributed by atoms with Gasteiger partial charge in [0.15, 0.2) is 0 Å². The summed E-state index contributed by atoms with van der Waals surface area (Å²) in [6, 6.07) is 8.32. The van der Waals surface area contributed by atoms with E-state index in [1.54, 1.807) is 0 Å². The quantitative estimate of drug-likeness (QED) is 0.818. The van der Waals surface area contributed by atoms with Crippen LogP contribution in [0.15, 0.2) is 24.3 Å². The fraction of sp³-hybridized carbons (Fsp3) is 0.444. The van der Waals surface area contributed by atoms with Crippen LogP contribution in [0.1, 0.15) is 37.2 Å². The van der Waals surface area contributed by atoms with Crippen LogP contribution >= 0.6 is 0 Å². The molecule has 0 radical (unpaired) electrons. The SMILES string of the molecule is Cc1ccc(Nc2cc(NCCC(C)C)nc(C)n2)c(C)c1. The Morgan fingerprint density at radius 1 is 1.00 bits per heavy atom. The van der Waals surface area contributed by atoms with Crippen molar-refractivity contribution >= 4 is 17.3 Å². The van der Waals surface area contributed by atoms with Gasteiger partial charge in [0.25, 0.3) is 0 Å². The Balaban J connectivity index is 2.12. The molecule has 1 heterocycles. The number of benzene rings is 1. The molecule has 0 spiro atoms. The van der Waals surface area contributed by atoms with Gasteiger partial charge in [-0.2, -0.15) is 0 Å². The van der Waals surface area contributed by atoms with Crippen LogP contribution in [-0.4, -0.2) is 16.5 Å². The molecule has 2 rings (SSSR count). The molecule has 1 aromatic carbocycles. The molecule has 22 heavy (non-hydrogen) atoms. The molecule has 1 aromatic heterocycles. The Bertz CT molecular complexity index is 635. The van der Waals surface area contributed by atoms with Gasteiger partial charge in [0, 0.05) is 18.3 Å². The second kappa shape index (κ2) is 7.25. The van der Waals surface area contributed by atoms with Crippen molar-refractivity contribution < 1.29 is 0 Å².